The van der Waals surface area contributed by atoms with Gasteiger partial charge in [0.1, 0.15) is 22.3 Å². The van der Waals surface area contributed by atoms with E-state index in [2.05, 4.69) is 111 Å². The molecule has 17 rings (SSSR count). The van der Waals surface area contributed by atoms with E-state index in [1.807, 2.05) is 107 Å². The fourth-order valence-corrected chi connectivity index (χ4v) is 13.1. The fraction of sp³-hybridized carbons (Fsp3) is 0.108. The first-order chi connectivity index (χ1) is 43.1. The second kappa shape index (κ2) is 15.9. The van der Waals surface area contributed by atoms with Gasteiger partial charge in [0.2, 0.25) is 0 Å². The Hall–Kier alpha value is -9.78. The Bertz CT molecular complexity index is 5620. The summed E-state index contributed by atoms with van der Waals surface area (Å²) in [7, 11) is 0. The van der Waals surface area contributed by atoms with Crippen LogP contribution in [0.1, 0.15) is 66.4 Å². The summed E-state index contributed by atoms with van der Waals surface area (Å²) in [4.78, 5) is 3.63. The van der Waals surface area contributed by atoms with Gasteiger partial charge >= 0.3 is 0 Å². The van der Waals surface area contributed by atoms with Crippen molar-refractivity contribution < 1.29 is 22.5 Å². The molecule has 0 N–H and O–H groups in total. The number of fused-ring (bicyclic) bond motifs is 18. The van der Waals surface area contributed by atoms with Gasteiger partial charge in [0, 0.05) is 99.5 Å². The van der Waals surface area contributed by atoms with E-state index in [0.29, 0.717) is 45.1 Å². The summed E-state index contributed by atoms with van der Waals surface area (Å²) < 4.78 is 109. The molecule has 80 heavy (non-hydrogen) atoms. The summed E-state index contributed by atoms with van der Waals surface area (Å²) in [5.74, 6) is 0. The minimum atomic E-state index is -0.484. The summed E-state index contributed by atoms with van der Waals surface area (Å²) in [6.45, 7) is 13.1. The van der Waals surface area contributed by atoms with Gasteiger partial charge in [0.25, 0.3) is 0 Å². The van der Waals surface area contributed by atoms with Crippen LogP contribution in [0, 0.1) is 0 Å². The van der Waals surface area contributed by atoms with Crippen molar-refractivity contribution in [2.24, 2.45) is 0 Å². The number of aromatic nitrogens is 2. The molecule has 0 atom stereocenters. The monoisotopic (exact) mass is 1040 g/mol. The van der Waals surface area contributed by atoms with Crippen LogP contribution in [0.4, 0.5) is 34.1 Å². The maximum absolute atomic E-state index is 9.56. The standard InChI is InChI=1S/C74H54N4O2/c1-73(2,3)43-25-33-59-57(37-43)69-61(75(45-17-9-7-10-18-45)47-27-29-51-49-21-13-15-23-65(49)79-67(51)39-47)35-31-53-55-42-64-56(41-63(55)77(59)71(53)69)54-32-36-62(70-58-38-44(74(4,5)6)26-34-60(58)78(64)72(54)70)76(46-19-11-8-12-20-46)48-28-30-52-50-22-14-16-24-66(50)80-68(52)40-48/h7-42H,1-6H3/i7D,8D,9D,10D,11D,12D,17D,18D,19D,20D. The van der Waals surface area contributed by atoms with E-state index in [1.165, 1.54) is 0 Å². The van der Waals surface area contributed by atoms with Gasteiger partial charge in [0.05, 0.1) is 58.2 Å². The Morgan fingerprint density at radius 3 is 1.16 bits per heavy atom. The average Bonchev–Trinajstić information content (AvgIpc) is 1.52. The van der Waals surface area contributed by atoms with E-state index in [9.17, 15) is 5.48 Å². The first-order valence-corrected chi connectivity index (χ1v) is 27.1. The first-order valence-electron chi connectivity index (χ1n) is 32.1. The largest absolute Gasteiger partial charge is 0.456 e. The zero-order valence-electron chi connectivity index (χ0n) is 54.6. The summed E-state index contributed by atoms with van der Waals surface area (Å²) in [6.07, 6.45) is 0. The predicted molar refractivity (Wildman–Crippen MR) is 337 cm³/mol. The Morgan fingerprint density at radius 2 is 0.738 bits per heavy atom. The molecule has 0 bridgehead atoms. The van der Waals surface area contributed by atoms with Crippen molar-refractivity contribution in [3.8, 4) is 0 Å². The van der Waals surface area contributed by atoms with E-state index in [-0.39, 0.29) is 46.4 Å². The molecule has 11 aromatic carbocycles. The number of rotatable bonds is 6. The highest BCUT2D eigenvalue weighted by Crippen LogP contribution is 2.53. The number of hydrogen-bond donors (Lipinski definition) is 0. The molecule has 17 aromatic rings. The van der Waals surface area contributed by atoms with E-state index in [4.69, 9.17) is 17.1 Å². The van der Waals surface area contributed by atoms with E-state index in [1.54, 1.807) is 0 Å². The minimum absolute atomic E-state index is 0.00318. The Balaban J connectivity index is 0.982. The van der Waals surface area contributed by atoms with Gasteiger partial charge in [-0.15, -0.1) is 0 Å². The number of furan rings is 2. The molecule has 0 spiro atoms. The van der Waals surface area contributed by atoms with Crippen molar-refractivity contribution in [3.63, 3.8) is 0 Å². The maximum atomic E-state index is 9.56. The molecule has 0 amide bonds. The lowest BCUT2D eigenvalue weighted by Gasteiger charge is -2.26. The van der Waals surface area contributed by atoms with Gasteiger partial charge in [-0.25, -0.2) is 0 Å². The van der Waals surface area contributed by atoms with E-state index in [0.717, 1.165) is 109 Å². The van der Waals surface area contributed by atoms with Crippen molar-refractivity contribution in [2.75, 3.05) is 9.80 Å². The van der Waals surface area contributed by atoms with Gasteiger partial charge in [-0.05, 0) is 131 Å². The smallest absolute Gasteiger partial charge is 0.137 e. The SMILES string of the molecule is [2H]c1c([2H])c([2H])c(N(c2ccc3c(c2)oc2ccccc23)c2ccc3c4cc5c(cc4n4c6ccc(C(C)(C)C)cc6c2c34)c2ccc(N(c3ccc4c(c3)oc3ccccc34)c3c([2H])c([2H])c([2H])c([2H])c3[2H])c3c4cc(C(C)(C)C)ccc4n5c23)c([2H])c1[2H]. The summed E-state index contributed by atoms with van der Waals surface area (Å²) in [5, 5.41) is 11.0. The van der Waals surface area contributed by atoms with E-state index < -0.39 is 36.3 Å². The second-order valence-corrected chi connectivity index (χ2v) is 23.4. The summed E-state index contributed by atoms with van der Waals surface area (Å²) in [5.41, 5.74) is 12.1. The second-order valence-electron chi connectivity index (χ2n) is 23.4. The summed E-state index contributed by atoms with van der Waals surface area (Å²) >= 11 is 0. The highest BCUT2D eigenvalue weighted by atomic mass is 16.3. The van der Waals surface area contributed by atoms with Crippen molar-refractivity contribution in [1.82, 2.24) is 8.80 Å². The molecule has 0 unspecified atom stereocenters. The number of para-hydroxylation sites is 4. The number of nitrogens with zero attached hydrogens (tertiary/aromatic N) is 4. The zero-order chi connectivity index (χ0) is 62.2. The number of benzene rings is 11. The van der Waals surface area contributed by atoms with Crippen LogP contribution in [0.25, 0.3) is 120 Å². The molecule has 0 radical (unpaired) electrons. The third kappa shape index (κ3) is 6.24. The fourth-order valence-electron chi connectivity index (χ4n) is 13.1. The van der Waals surface area contributed by atoms with Crippen molar-refractivity contribution >= 4 is 154 Å². The Kier molecular flexibility index (Phi) is 7.23. The molecule has 0 aliphatic rings. The van der Waals surface area contributed by atoms with Crippen LogP contribution in [0.3, 0.4) is 0 Å². The highest BCUT2D eigenvalue weighted by molar-refractivity contribution is 6.32. The Labute approximate surface area is 475 Å². The molecule has 0 saturated carbocycles. The molecule has 6 nitrogen and oxygen atoms in total. The van der Waals surface area contributed by atoms with Gasteiger partial charge < -0.3 is 27.4 Å². The van der Waals surface area contributed by atoms with Crippen LogP contribution in [0.15, 0.2) is 227 Å². The minimum Gasteiger partial charge on any atom is -0.456 e. The third-order valence-electron chi connectivity index (χ3n) is 16.8. The van der Waals surface area contributed by atoms with Gasteiger partial charge in [0.15, 0.2) is 0 Å². The lowest BCUT2D eigenvalue weighted by molar-refractivity contribution is 0.591. The highest BCUT2D eigenvalue weighted by Gasteiger charge is 2.30. The van der Waals surface area contributed by atoms with Gasteiger partial charge in [-0.2, -0.15) is 0 Å². The van der Waals surface area contributed by atoms with Crippen molar-refractivity contribution in [3.05, 3.63) is 229 Å². The topological polar surface area (TPSA) is 41.6 Å². The van der Waals surface area contributed by atoms with Gasteiger partial charge in [-0.3, -0.25) is 0 Å². The van der Waals surface area contributed by atoms with Crippen LogP contribution < -0.4 is 9.80 Å². The number of anilines is 6. The van der Waals surface area contributed by atoms with Crippen LogP contribution in [-0.2, 0) is 10.8 Å². The molecule has 6 heteroatoms. The zero-order valence-corrected chi connectivity index (χ0v) is 44.6. The lowest BCUT2D eigenvalue weighted by Crippen LogP contribution is -2.11. The molecular weight excluding hydrogens is 977 g/mol. The summed E-state index contributed by atoms with van der Waals surface area (Å²) in [6, 6.07) is 49.0. The van der Waals surface area contributed by atoms with Crippen LogP contribution >= 0.6 is 0 Å². The molecule has 0 aliphatic heterocycles. The normalized spacial score (nSPS) is 14.6. The maximum Gasteiger partial charge on any atom is 0.137 e. The number of hydrogen-bond acceptors (Lipinski definition) is 4. The third-order valence-corrected chi connectivity index (χ3v) is 16.8. The van der Waals surface area contributed by atoms with Crippen molar-refractivity contribution in [2.45, 2.75) is 52.4 Å². The quantitative estimate of drug-likeness (QED) is 0.166. The van der Waals surface area contributed by atoms with Gasteiger partial charge in [-0.1, -0.05) is 138 Å². The first kappa shape index (κ1) is 36.3. The molecule has 0 saturated heterocycles. The predicted octanol–water partition coefficient (Wildman–Crippen LogP) is 21.3. The molecule has 6 heterocycles. The molecule has 0 fully saturated rings. The lowest BCUT2D eigenvalue weighted by atomic mass is 9.86. The van der Waals surface area contributed by atoms with Crippen LogP contribution in [-0.4, -0.2) is 8.80 Å². The average molecular weight is 1040 g/mol. The molecular formula is C74H54N4O2. The Morgan fingerprint density at radius 1 is 0.338 bits per heavy atom. The molecule has 6 aromatic heterocycles. The van der Waals surface area contributed by atoms with E-state index >= 15 is 0 Å². The van der Waals surface area contributed by atoms with Crippen molar-refractivity contribution in [1.29, 1.82) is 0 Å². The van der Waals surface area contributed by atoms with Crippen LogP contribution in [0.2, 0.25) is 0 Å². The molecule has 382 valence electrons. The van der Waals surface area contributed by atoms with Crippen LogP contribution in [0.5, 0.6) is 0 Å². The molecule has 0 aliphatic carbocycles.